The van der Waals surface area contributed by atoms with Gasteiger partial charge in [0.15, 0.2) is 6.10 Å². The van der Waals surface area contributed by atoms with Crippen LogP contribution in [0.15, 0.2) is 36.5 Å². The summed E-state index contributed by atoms with van der Waals surface area (Å²) in [5, 5.41) is 0. The van der Waals surface area contributed by atoms with Crippen molar-refractivity contribution in [1.82, 2.24) is 0 Å². The number of allylic oxidation sites excluding steroid dienone is 6. The molecule has 0 spiro atoms. The predicted molar refractivity (Wildman–Crippen MR) is 298 cm³/mol. The Bertz CT molecular complexity index is 1160. The molecule has 0 amide bonds. The Balaban J connectivity index is 4.31. The molecule has 0 heterocycles. The maximum atomic E-state index is 12.9. The Morgan fingerprint density at radius 1 is 0.290 bits per heavy atom. The van der Waals surface area contributed by atoms with E-state index in [1.807, 2.05) is 0 Å². The molecule has 6 heteroatoms. The molecule has 0 saturated heterocycles. The minimum Gasteiger partial charge on any atom is -0.462 e. The Labute approximate surface area is 429 Å². The second kappa shape index (κ2) is 58.2. The summed E-state index contributed by atoms with van der Waals surface area (Å²) in [6, 6.07) is 0. The van der Waals surface area contributed by atoms with Gasteiger partial charge in [0.05, 0.1) is 0 Å². The topological polar surface area (TPSA) is 78.9 Å². The minimum absolute atomic E-state index is 0.0731. The zero-order valence-corrected chi connectivity index (χ0v) is 46.3. The summed E-state index contributed by atoms with van der Waals surface area (Å²) in [4.78, 5) is 38.2. The highest BCUT2D eigenvalue weighted by atomic mass is 16.6. The van der Waals surface area contributed by atoms with Crippen molar-refractivity contribution in [2.24, 2.45) is 0 Å². The van der Waals surface area contributed by atoms with Crippen LogP contribution in [0.2, 0.25) is 0 Å². The van der Waals surface area contributed by atoms with Gasteiger partial charge in [0.1, 0.15) is 13.2 Å². The van der Waals surface area contributed by atoms with E-state index in [2.05, 4.69) is 57.2 Å². The number of hydrogen-bond acceptors (Lipinski definition) is 6. The molecule has 0 N–H and O–H groups in total. The Hall–Kier alpha value is -2.37. The summed E-state index contributed by atoms with van der Waals surface area (Å²) in [5.41, 5.74) is 0. The van der Waals surface area contributed by atoms with Gasteiger partial charge in [-0.1, -0.05) is 269 Å². The second-order valence-electron chi connectivity index (χ2n) is 20.6. The third-order valence-electron chi connectivity index (χ3n) is 13.6. The standard InChI is InChI=1S/C63H116O6/c1-4-7-10-13-16-19-22-25-28-29-30-31-32-33-36-38-41-44-47-50-53-56-62(65)68-59-60(69-63(66)57-54-51-48-45-42-39-35-27-24-21-18-15-12-9-6-3)58-67-61(64)55-52-49-46-43-40-37-34-26-23-20-17-14-11-8-5-2/h17,20,25-26,28,34,60H,4-16,18-19,21-24,27,29-33,35-59H2,1-3H3/b20-17-,28-25-,34-26-/t60-/m1/s1. The van der Waals surface area contributed by atoms with E-state index in [4.69, 9.17) is 14.2 Å². The summed E-state index contributed by atoms with van der Waals surface area (Å²) in [6.45, 7) is 6.65. The van der Waals surface area contributed by atoms with Gasteiger partial charge in [0.25, 0.3) is 0 Å². The van der Waals surface area contributed by atoms with E-state index >= 15 is 0 Å². The fourth-order valence-electron chi connectivity index (χ4n) is 9.00. The molecule has 0 bridgehead atoms. The third kappa shape index (κ3) is 56.4. The summed E-state index contributed by atoms with van der Waals surface area (Å²) in [5.74, 6) is -0.867. The first-order valence-corrected chi connectivity index (χ1v) is 30.5. The molecule has 0 rings (SSSR count). The van der Waals surface area contributed by atoms with Crippen molar-refractivity contribution in [3.8, 4) is 0 Å². The third-order valence-corrected chi connectivity index (χ3v) is 13.6. The van der Waals surface area contributed by atoms with Crippen molar-refractivity contribution < 1.29 is 28.6 Å². The van der Waals surface area contributed by atoms with Crippen LogP contribution in [0.4, 0.5) is 0 Å². The summed E-state index contributed by atoms with van der Waals surface area (Å²) >= 11 is 0. The largest absolute Gasteiger partial charge is 0.462 e. The summed E-state index contributed by atoms with van der Waals surface area (Å²) < 4.78 is 16.9. The zero-order chi connectivity index (χ0) is 50.0. The average molecular weight is 970 g/mol. The van der Waals surface area contributed by atoms with Crippen molar-refractivity contribution in [3.05, 3.63) is 36.5 Å². The highest BCUT2D eigenvalue weighted by Crippen LogP contribution is 2.17. The van der Waals surface area contributed by atoms with Gasteiger partial charge < -0.3 is 14.2 Å². The highest BCUT2D eigenvalue weighted by molar-refractivity contribution is 5.71. The van der Waals surface area contributed by atoms with E-state index in [-0.39, 0.29) is 31.1 Å². The minimum atomic E-state index is -0.775. The predicted octanol–water partition coefficient (Wildman–Crippen LogP) is 20.4. The van der Waals surface area contributed by atoms with Crippen LogP contribution in [-0.2, 0) is 28.6 Å². The second-order valence-corrected chi connectivity index (χ2v) is 20.6. The zero-order valence-electron chi connectivity index (χ0n) is 46.3. The number of hydrogen-bond donors (Lipinski definition) is 0. The first-order valence-electron chi connectivity index (χ1n) is 30.5. The molecule has 404 valence electrons. The molecule has 69 heavy (non-hydrogen) atoms. The number of esters is 3. The molecule has 0 fully saturated rings. The van der Waals surface area contributed by atoms with Crippen molar-refractivity contribution >= 4 is 17.9 Å². The molecular formula is C63H116O6. The number of ether oxygens (including phenoxy) is 3. The lowest BCUT2D eigenvalue weighted by Gasteiger charge is -2.18. The van der Waals surface area contributed by atoms with Gasteiger partial charge in [-0.05, 0) is 77.0 Å². The van der Waals surface area contributed by atoms with Crippen molar-refractivity contribution in [2.75, 3.05) is 13.2 Å². The number of unbranched alkanes of at least 4 members (excludes halogenated alkanes) is 39. The van der Waals surface area contributed by atoms with E-state index in [0.29, 0.717) is 19.3 Å². The van der Waals surface area contributed by atoms with Gasteiger partial charge in [-0.25, -0.2) is 0 Å². The highest BCUT2D eigenvalue weighted by Gasteiger charge is 2.19. The Morgan fingerprint density at radius 2 is 0.522 bits per heavy atom. The lowest BCUT2D eigenvalue weighted by molar-refractivity contribution is -0.167. The SMILES string of the molecule is CCCCC/C=C\C/C=C\CCCCCCCC(=O)OC[C@H](COC(=O)CCCCCCCCCCCCC/C=C\CCCCCCCC)OC(=O)CCCCCCCCCCCCCCCCC. The summed E-state index contributed by atoms with van der Waals surface area (Å²) in [7, 11) is 0. The van der Waals surface area contributed by atoms with Crippen molar-refractivity contribution in [3.63, 3.8) is 0 Å². The molecule has 0 saturated carbocycles. The van der Waals surface area contributed by atoms with Gasteiger partial charge in [-0.3, -0.25) is 14.4 Å². The molecule has 0 aromatic heterocycles. The Morgan fingerprint density at radius 3 is 0.841 bits per heavy atom. The molecule has 0 unspecified atom stereocenters. The van der Waals surface area contributed by atoms with Gasteiger partial charge in [0, 0.05) is 19.3 Å². The van der Waals surface area contributed by atoms with E-state index in [1.165, 1.54) is 212 Å². The van der Waals surface area contributed by atoms with E-state index in [0.717, 1.165) is 77.0 Å². The van der Waals surface area contributed by atoms with Crippen LogP contribution in [-0.4, -0.2) is 37.2 Å². The Kier molecular flexibility index (Phi) is 56.2. The van der Waals surface area contributed by atoms with Crippen LogP contribution in [0.25, 0.3) is 0 Å². The van der Waals surface area contributed by atoms with Gasteiger partial charge in [-0.15, -0.1) is 0 Å². The van der Waals surface area contributed by atoms with E-state index in [9.17, 15) is 14.4 Å². The lowest BCUT2D eigenvalue weighted by atomic mass is 10.0. The summed E-state index contributed by atoms with van der Waals surface area (Å²) in [6.07, 6.45) is 69.9. The van der Waals surface area contributed by atoms with E-state index in [1.54, 1.807) is 0 Å². The molecule has 0 aromatic rings. The van der Waals surface area contributed by atoms with Gasteiger partial charge in [-0.2, -0.15) is 0 Å². The number of rotatable bonds is 56. The molecule has 1 atom stereocenters. The van der Waals surface area contributed by atoms with Crippen LogP contribution < -0.4 is 0 Å². The lowest BCUT2D eigenvalue weighted by Crippen LogP contribution is -2.30. The average Bonchev–Trinajstić information content (AvgIpc) is 3.35. The van der Waals surface area contributed by atoms with Crippen LogP contribution in [0, 0.1) is 0 Å². The molecule has 6 nitrogen and oxygen atoms in total. The monoisotopic (exact) mass is 969 g/mol. The molecule has 0 aliphatic rings. The van der Waals surface area contributed by atoms with Crippen LogP contribution in [0.5, 0.6) is 0 Å². The first-order chi connectivity index (χ1) is 34.0. The maximum Gasteiger partial charge on any atom is 0.306 e. The smallest absolute Gasteiger partial charge is 0.306 e. The molecular weight excluding hydrogens is 853 g/mol. The molecule has 0 aliphatic carbocycles. The van der Waals surface area contributed by atoms with Crippen molar-refractivity contribution in [2.45, 2.75) is 335 Å². The normalized spacial score (nSPS) is 12.2. The van der Waals surface area contributed by atoms with Crippen LogP contribution in [0.3, 0.4) is 0 Å². The fraction of sp³-hybridized carbons (Fsp3) is 0.857. The number of carbonyl (C=O) groups excluding carboxylic acids is 3. The van der Waals surface area contributed by atoms with E-state index < -0.39 is 6.10 Å². The quantitative estimate of drug-likeness (QED) is 0.0261. The first kappa shape index (κ1) is 66.6. The van der Waals surface area contributed by atoms with Crippen molar-refractivity contribution in [1.29, 1.82) is 0 Å². The van der Waals surface area contributed by atoms with Gasteiger partial charge >= 0.3 is 17.9 Å². The van der Waals surface area contributed by atoms with Gasteiger partial charge in [0.2, 0.25) is 0 Å². The number of carbonyl (C=O) groups is 3. The van der Waals surface area contributed by atoms with Crippen LogP contribution in [0.1, 0.15) is 329 Å². The van der Waals surface area contributed by atoms with Crippen LogP contribution >= 0.6 is 0 Å². The fourth-order valence-corrected chi connectivity index (χ4v) is 9.00. The molecule has 0 aromatic carbocycles. The maximum absolute atomic E-state index is 12.9. The molecule has 0 radical (unpaired) electrons. The molecule has 0 aliphatic heterocycles.